The van der Waals surface area contributed by atoms with Gasteiger partial charge in [-0.1, -0.05) is 0 Å². The van der Waals surface area contributed by atoms with Crippen LogP contribution in [0, 0.1) is 0 Å². The molecule has 102 valence electrons. The van der Waals surface area contributed by atoms with Crippen molar-refractivity contribution in [2.24, 2.45) is 0 Å². The van der Waals surface area contributed by atoms with Crippen LogP contribution in [0.15, 0.2) is 12.1 Å². The molecule has 2 nitrogen and oxygen atoms in total. The van der Waals surface area contributed by atoms with Crippen molar-refractivity contribution >= 4 is 0 Å². The van der Waals surface area contributed by atoms with E-state index in [1.54, 1.807) is 0 Å². The zero-order valence-corrected chi connectivity index (χ0v) is 9.24. The fraction of sp³-hybridized carbons (Fsp3) is 0.400. The number of hydrogen-bond donors (Lipinski definition) is 0. The lowest BCUT2D eigenvalue weighted by Crippen LogP contribution is -2.18. The summed E-state index contributed by atoms with van der Waals surface area (Å²) in [6.45, 7) is 0. The predicted molar refractivity (Wildman–Crippen MR) is 49.6 cm³/mol. The lowest BCUT2D eigenvalue weighted by molar-refractivity contribution is -0.163. The van der Waals surface area contributed by atoms with Crippen LogP contribution in [0.2, 0.25) is 0 Å². The van der Waals surface area contributed by atoms with Crippen LogP contribution in [-0.4, -0.2) is 14.2 Å². The number of methoxy groups -OCH3 is 2. The van der Waals surface area contributed by atoms with Crippen LogP contribution in [0.25, 0.3) is 0 Å². The van der Waals surface area contributed by atoms with E-state index >= 15 is 0 Å². The molecule has 1 rings (SSSR count). The van der Waals surface area contributed by atoms with Gasteiger partial charge in [0.1, 0.15) is 5.56 Å². The molecular weight excluding hydrogens is 266 g/mol. The molecule has 0 saturated heterocycles. The van der Waals surface area contributed by atoms with E-state index < -0.39 is 35.0 Å². The van der Waals surface area contributed by atoms with E-state index in [1.165, 1.54) is 0 Å². The first-order valence-electron chi connectivity index (χ1n) is 4.52. The molecule has 0 spiro atoms. The monoisotopic (exact) mass is 274 g/mol. The highest BCUT2D eigenvalue weighted by molar-refractivity contribution is 5.53. The van der Waals surface area contributed by atoms with Crippen molar-refractivity contribution in [3.63, 3.8) is 0 Å². The molecule has 0 heterocycles. The molecule has 18 heavy (non-hydrogen) atoms. The van der Waals surface area contributed by atoms with E-state index in [0.717, 1.165) is 20.3 Å². The normalized spacial score (nSPS) is 12.4. The van der Waals surface area contributed by atoms with Gasteiger partial charge >= 0.3 is 12.4 Å². The quantitative estimate of drug-likeness (QED) is 0.765. The second-order valence-electron chi connectivity index (χ2n) is 3.22. The number of alkyl halides is 6. The molecule has 0 atom stereocenters. The molecule has 1 aromatic rings. The van der Waals surface area contributed by atoms with Crippen LogP contribution in [0.3, 0.4) is 0 Å². The molecule has 1 aromatic carbocycles. The fourth-order valence-electron chi connectivity index (χ4n) is 1.44. The summed E-state index contributed by atoms with van der Waals surface area (Å²) in [6, 6.07) is 1.08. The third kappa shape index (κ3) is 2.62. The third-order valence-corrected chi connectivity index (χ3v) is 2.13. The molecule has 8 heteroatoms. The largest absolute Gasteiger partial charge is 0.493 e. The maximum absolute atomic E-state index is 12.7. The van der Waals surface area contributed by atoms with Gasteiger partial charge in [-0.2, -0.15) is 26.3 Å². The smallest absolute Gasteiger partial charge is 0.420 e. The van der Waals surface area contributed by atoms with Crippen LogP contribution in [0.4, 0.5) is 26.3 Å². The van der Waals surface area contributed by atoms with Gasteiger partial charge in [0.25, 0.3) is 0 Å². The first kappa shape index (κ1) is 14.5. The van der Waals surface area contributed by atoms with Crippen molar-refractivity contribution in [2.75, 3.05) is 14.2 Å². The Labute approximate surface area is 98.1 Å². The molecule has 0 unspecified atom stereocenters. The minimum atomic E-state index is -5.20. The van der Waals surface area contributed by atoms with Crippen molar-refractivity contribution in [3.8, 4) is 11.5 Å². The van der Waals surface area contributed by atoms with Crippen molar-refractivity contribution in [1.29, 1.82) is 0 Å². The van der Waals surface area contributed by atoms with Crippen LogP contribution in [-0.2, 0) is 12.4 Å². The van der Waals surface area contributed by atoms with Gasteiger partial charge < -0.3 is 9.47 Å². The van der Waals surface area contributed by atoms with Gasteiger partial charge in [0.2, 0.25) is 0 Å². The highest BCUT2D eigenvalue weighted by atomic mass is 19.4. The van der Waals surface area contributed by atoms with E-state index in [9.17, 15) is 26.3 Å². The van der Waals surface area contributed by atoms with Crippen molar-refractivity contribution in [3.05, 3.63) is 23.3 Å². The Morgan fingerprint density at radius 1 is 0.833 bits per heavy atom. The van der Waals surface area contributed by atoms with Gasteiger partial charge in [0.15, 0.2) is 11.5 Å². The lowest BCUT2D eigenvalue weighted by Gasteiger charge is -2.20. The molecule has 0 radical (unpaired) electrons. The Balaban J connectivity index is 3.66. The minimum absolute atomic E-state index is 0.310. The third-order valence-electron chi connectivity index (χ3n) is 2.13. The summed E-state index contributed by atoms with van der Waals surface area (Å²) >= 11 is 0. The summed E-state index contributed by atoms with van der Waals surface area (Å²) in [7, 11) is 1.87. The molecule has 0 fully saturated rings. The maximum Gasteiger partial charge on any atom is 0.420 e. The number of rotatable bonds is 2. The standard InChI is InChI=1S/C10H8F6O2/c1-17-6-4-3-5(9(11,12)13)7(8(6)18-2)10(14,15)16/h3-4H,1-2H3. The number of halogens is 6. The molecule has 0 aromatic heterocycles. The van der Waals surface area contributed by atoms with E-state index in [1.807, 2.05) is 0 Å². The summed E-state index contributed by atoms with van der Waals surface area (Å²) < 4.78 is 84.7. The van der Waals surface area contributed by atoms with E-state index in [0.29, 0.717) is 6.07 Å². The first-order chi connectivity index (χ1) is 8.12. The van der Waals surface area contributed by atoms with E-state index in [-0.39, 0.29) is 0 Å². The van der Waals surface area contributed by atoms with Crippen molar-refractivity contribution in [2.45, 2.75) is 12.4 Å². The average Bonchev–Trinajstić information content (AvgIpc) is 2.24. The first-order valence-corrected chi connectivity index (χ1v) is 4.52. The fourth-order valence-corrected chi connectivity index (χ4v) is 1.44. The van der Waals surface area contributed by atoms with E-state index in [2.05, 4.69) is 9.47 Å². The summed E-state index contributed by atoms with van der Waals surface area (Å²) in [6.07, 6.45) is -10.3. The zero-order valence-electron chi connectivity index (χ0n) is 9.24. The molecule has 0 saturated carbocycles. The van der Waals surface area contributed by atoms with Crippen LogP contribution in [0.5, 0.6) is 11.5 Å². The maximum atomic E-state index is 12.7. The van der Waals surface area contributed by atoms with Gasteiger partial charge in [0.05, 0.1) is 19.8 Å². The summed E-state index contributed by atoms with van der Waals surface area (Å²) in [4.78, 5) is 0. The zero-order chi connectivity index (χ0) is 14.1. The predicted octanol–water partition coefficient (Wildman–Crippen LogP) is 3.74. The second kappa shape index (κ2) is 4.58. The Bertz CT molecular complexity index is 435. The molecule has 0 bridgehead atoms. The Hall–Kier alpha value is -1.60. The molecular formula is C10H8F6O2. The van der Waals surface area contributed by atoms with Crippen molar-refractivity contribution < 1.29 is 35.8 Å². The van der Waals surface area contributed by atoms with E-state index in [4.69, 9.17) is 0 Å². The molecule has 0 aliphatic rings. The van der Waals surface area contributed by atoms with Gasteiger partial charge in [0, 0.05) is 0 Å². The number of benzene rings is 1. The second-order valence-corrected chi connectivity index (χ2v) is 3.22. The van der Waals surface area contributed by atoms with Crippen LogP contribution >= 0.6 is 0 Å². The SMILES string of the molecule is COc1ccc(C(F)(F)F)c(C(F)(F)F)c1OC. The average molecular weight is 274 g/mol. The summed E-state index contributed by atoms with van der Waals surface area (Å²) in [5.74, 6) is -1.40. The van der Waals surface area contributed by atoms with Gasteiger partial charge in [-0.3, -0.25) is 0 Å². The summed E-state index contributed by atoms with van der Waals surface area (Å²) in [5, 5.41) is 0. The topological polar surface area (TPSA) is 18.5 Å². The van der Waals surface area contributed by atoms with Gasteiger partial charge in [-0.15, -0.1) is 0 Å². The van der Waals surface area contributed by atoms with Crippen LogP contribution in [0.1, 0.15) is 11.1 Å². The Morgan fingerprint density at radius 2 is 1.39 bits per heavy atom. The number of hydrogen-bond acceptors (Lipinski definition) is 2. The molecule has 0 aliphatic heterocycles. The Morgan fingerprint density at radius 3 is 1.72 bits per heavy atom. The number of ether oxygens (including phenoxy) is 2. The highest BCUT2D eigenvalue weighted by Gasteiger charge is 2.46. The molecule has 0 N–H and O–H groups in total. The molecule has 0 aliphatic carbocycles. The summed E-state index contributed by atoms with van der Waals surface area (Å²) in [5.41, 5.74) is -3.70. The van der Waals surface area contributed by atoms with Gasteiger partial charge in [-0.05, 0) is 12.1 Å². The van der Waals surface area contributed by atoms with Gasteiger partial charge in [-0.25, -0.2) is 0 Å². The van der Waals surface area contributed by atoms with Crippen LogP contribution < -0.4 is 9.47 Å². The lowest BCUT2D eigenvalue weighted by atomic mass is 10.0. The minimum Gasteiger partial charge on any atom is -0.493 e. The Kier molecular flexibility index (Phi) is 3.68. The molecule has 0 amide bonds. The van der Waals surface area contributed by atoms with Crippen molar-refractivity contribution in [1.82, 2.24) is 0 Å². The highest BCUT2D eigenvalue weighted by Crippen LogP contribution is 2.48.